The minimum absolute atomic E-state index is 0.432. The van der Waals surface area contributed by atoms with Gasteiger partial charge in [-0.1, -0.05) is 19.1 Å². The van der Waals surface area contributed by atoms with E-state index in [9.17, 15) is 18.9 Å². The Bertz CT molecular complexity index is 1220. The second-order valence-corrected chi connectivity index (χ2v) is 11.4. The summed E-state index contributed by atoms with van der Waals surface area (Å²) in [7, 11) is 3.78. The molecule has 9 nitrogen and oxygen atoms in total. The lowest BCUT2D eigenvalue weighted by Crippen LogP contribution is -2.33. The summed E-state index contributed by atoms with van der Waals surface area (Å²) in [5.74, 6) is 1.11. The highest BCUT2D eigenvalue weighted by Crippen LogP contribution is 2.33. The van der Waals surface area contributed by atoms with Crippen molar-refractivity contribution >= 4 is 33.3 Å². The van der Waals surface area contributed by atoms with E-state index < -0.39 is 10.0 Å². The maximum atomic E-state index is 11.8. The lowest BCUT2D eigenvalue weighted by molar-refractivity contribution is 0.162. The van der Waals surface area contributed by atoms with Gasteiger partial charge in [0.25, 0.3) is 0 Å². The predicted octanol–water partition coefficient (Wildman–Crippen LogP) is 3.09. The van der Waals surface area contributed by atoms with Crippen molar-refractivity contribution in [1.29, 1.82) is 10.5 Å². The van der Waals surface area contributed by atoms with E-state index >= 15 is 0 Å². The summed E-state index contributed by atoms with van der Waals surface area (Å²) in [6.45, 7) is 4.81. The van der Waals surface area contributed by atoms with Crippen LogP contribution in [-0.4, -0.2) is 79.1 Å². The third-order valence-corrected chi connectivity index (χ3v) is 8.11. The first kappa shape index (κ1) is 29.4. The molecule has 0 atom stereocenters. The van der Waals surface area contributed by atoms with Crippen LogP contribution in [0.1, 0.15) is 29.2 Å². The molecule has 0 saturated carbocycles. The fraction of sp³-hybridized carbons (Fsp3) is 0.480. The van der Waals surface area contributed by atoms with Crippen LogP contribution >= 0.6 is 11.8 Å². The Morgan fingerprint density at radius 2 is 1.67 bits per heavy atom. The highest BCUT2D eigenvalue weighted by molar-refractivity contribution is 7.98. The van der Waals surface area contributed by atoms with Crippen molar-refractivity contribution in [2.75, 3.05) is 70.0 Å². The molecule has 0 fully saturated rings. The number of likely N-dealkylation sites (N-methyl/N-ethyl adjacent to an activating group) is 2. The molecule has 1 aromatic heterocycles. The van der Waals surface area contributed by atoms with Crippen LogP contribution in [0, 0.1) is 22.7 Å². The van der Waals surface area contributed by atoms with Gasteiger partial charge in [-0.2, -0.15) is 10.5 Å². The molecule has 0 bridgehead atoms. The molecule has 0 aliphatic carbocycles. The summed E-state index contributed by atoms with van der Waals surface area (Å²) < 4.78 is 29.9. The van der Waals surface area contributed by atoms with Gasteiger partial charge in [0.15, 0.2) is 0 Å². The van der Waals surface area contributed by atoms with Crippen LogP contribution in [0.3, 0.4) is 0 Å². The zero-order chi connectivity index (χ0) is 26.9. The van der Waals surface area contributed by atoms with Crippen molar-refractivity contribution in [2.45, 2.75) is 24.1 Å². The molecule has 2 aromatic rings. The van der Waals surface area contributed by atoms with Crippen LogP contribution in [0.5, 0.6) is 0 Å². The standard InChI is InChI=1S/C25H34N6O3S2/c1-7-21-22(16-26)24(30(3)13-12-29(2)14-15-34-5)28-25(23(21)17-27)35-18-19-8-10-20(11-9-19)31(4)36(6,32)33/h8-11H,7,12-15,18H2,1-6H3. The van der Waals surface area contributed by atoms with E-state index in [0.717, 1.165) is 24.9 Å². The van der Waals surface area contributed by atoms with Crippen LogP contribution in [0.2, 0.25) is 0 Å². The van der Waals surface area contributed by atoms with Gasteiger partial charge >= 0.3 is 0 Å². The number of nitrogens with zero attached hydrogens (tertiary/aromatic N) is 6. The molecule has 1 aromatic carbocycles. The molecule has 0 aliphatic rings. The summed E-state index contributed by atoms with van der Waals surface area (Å²) in [4.78, 5) is 8.88. The maximum Gasteiger partial charge on any atom is 0.231 e. The van der Waals surface area contributed by atoms with E-state index in [-0.39, 0.29) is 0 Å². The Morgan fingerprint density at radius 1 is 1.03 bits per heavy atom. The number of nitriles is 2. The van der Waals surface area contributed by atoms with Gasteiger partial charge < -0.3 is 14.5 Å². The minimum Gasteiger partial charge on any atom is -0.383 e. The van der Waals surface area contributed by atoms with Gasteiger partial charge in [-0.25, -0.2) is 13.4 Å². The van der Waals surface area contributed by atoms with Gasteiger partial charge in [-0.3, -0.25) is 4.31 Å². The van der Waals surface area contributed by atoms with E-state index in [1.165, 1.54) is 23.1 Å². The first-order valence-electron chi connectivity index (χ1n) is 11.5. The molecule has 11 heteroatoms. The number of benzene rings is 1. The van der Waals surface area contributed by atoms with Crippen LogP contribution in [0.15, 0.2) is 29.3 Å². The zero-order valence-corrected chi connectivity index (χ0v) is 23.4. The predicted molar refractivity (Wildman–Crippen MR) is 145 cm³/mol. The summed E-state index contributed by atoms with van der Waals surface area (Å²) in [6.07, 6.45) is 1.71. The number of rotatable bonds is 13. The zero-order valence-electron chi connectivity index (χ0n) is 21.8. The number of ether oxygens (including phenoxy) is 1. The van der Waals surface area contributed by atoms with E-state index in [0.29, 0.717) is 58.5 Å². The van der Waals surface area contributed by atoms with Crippen molar-refractivity contribution in [1.82, 2.24) is 9.88 Å². The second-order valence-electron chi connectivity index (χ2n) is 8.45. The largest absolute Gasteiger partial charge is 0.383 e. The highest BCUT2D eigenvalue weighted by atomic mass is 32.2. The number of methoxy groups -OCH3 is 1. The highest BCUT2D eigenvalue weighted by Gasteiger charge is 2.22. The first-order chi connectivity index (χ1) is 17.1. The van der Waals surface area contributed by atoms with E-state index in [2.05, 4.69) is 17.0 Å². The fourth-order valence-corrected chi connectivity index (χ4v) is 4.96. The average Bonchev–Trinajstić information content (AvgIpc) is 2.87. The van der Waals surface area contributed by atoms with E-state index in [1.54, 1.807) is 19.2 Å². The molecule has 2 rings (SSSR count). The summed E-state index contributed by atoms with van der Waals surface area (Å²) >= 11 is 1.43. The molecule has 0 saturated heterocycles. The fourth-order valence-electron chi connectivity index (χ4n) is 3.49. The Kier molecular flexibility index (Phi) is 11.0. The Balaban J connectivity index is 2.31. The van der Waals surface area contributed by atoms with Gasteiger partial charge in [0.2, 0.25) is 10.0 Å². The molecule has 0 radical (unpaired) electrons. The summed E-state index contributed by atoms with van der Waals surface area (Å²) in [5.41, 5.74) is 3.12. The molecular formula is C25H34N6O3S2. The lowest BCUT2D eigenvalue weighted by atomic mass is 10.0. The summed E-state index contributed by atoms with van der Waals surface area (Å²) in [5, 5.41) is 20.4. The third kappa shape index (κ3) is 7.58. The molecule has 1 heterocycles. The topological polar surface area (TPSA) is 114 Å². The van der Waals surface area contributed by atoms with Crippen molar-refractivity contribution in [3.8, 4) is 12.1 Å². The normalized spacial score (nSPS) is 11.2. The Morgan fingerprint density at radius 3 is 2.19 bits per heavy atom. The number of sulfonamides is 1. The van der Waals surface area contributed by atoms with Crippen LogP contribution in [0.4, 0.5) is 11.5 Å². The molecule has 36 heavy (non-hydrogen) atoms. The number of thioether (sulfide) groups is 1. The molecule has 0 amide bonds. The van der Waals surface area contributed by atoms with Crippen molar-refractivity contribution in [3.05, 3.63) is 46.5 Å². The number of hydrogen-bond acceptors (Lipinski definition) is 9. The van der Waals surface area contributed by atoms with Crippen molar-refractivity contribution < 1.29 is 13.2 Å². The maximum absolute atomic E-state index is 11.8. The Hall–Kier alpha value is -2.83. The molecule has 0 spiro atoms. The quantitative estimate of drug-likeness (QED) is 0.360. The smallest absolute Gasteiger partial charge is 0.231 e. The lowest BCUT2D eigenvalue weighted by Gasteiger charge is -2.25. The molecule has 0 unspecified atom stereocenters. The number of pyridine rings is 1. The van der Waals surface area contributed by atoms with Crippen LogP contribution in [0.25, 0.3) is 0 Å². The molecule has 194 valence electrons. The summed E-state index contributed by atoms with van der Waals surface area (Å²) in [6, 6.07) is 11.8. The number of hydrogen-bond donors (Lipinski definition) is 0. The second kappa shape index (κ2) is 13.5. The van der Waals surface area contributed by atoms with Crippen LogP contribution in [-0.2, 0) is 26.9 Å². The van der Waals surface area contributed by atoms with E-state index in [1.807, 2.05) is 38.1 Å². The van der Waals surface area contributed by atoms with Crippen molar-refractivity contribution in [2.24, 2.45) is 0 Å². The monoisotopic (exact) mass is 530 g/mol. The van der Waals surface area contributed by atoms with Crippen LogP contribution < -0.4 is 9.21 Å². The van der Waals surface area contributed by atoms with Gasteiger partial charge in [0.05, 0.1) is 29.7 Å². The Labute approximate surface area is 219 Å². The third-order valence-electron chi connectivity index (χ3n) is 5.85. The van der Waals surface area contributed by atoms with Gasteiger partial charge in [-0.05, 0) is 36.7 Å². The molecule has 0 N–H and O–H groups in total. The minimum atomic E-state index is -3.33. The van der Waals surface area contributed by atoms with Gasteiger partial charge in [0, 0.05) is 46.6 Å². The van der Waals surface area contributed by atoms with E-state index in [4.69, 9.17) is 9.72 Å². The first-order valence-corrected chi connectivity index (χ1v) is 14.3. The molecule has 0 aliphatic heterocycles. The van der Waals surface area contributed by atoms with Gasteiger partial charge in [-0.15, -0.1) is 11.8 Å². The SMILES string of the molecule is CCc1c(C#N)c(SCc2ccc(N(C)S(C)(=O)=O)cc2)nc(N(C)CCN(C)CCOC)c1C#N. The van der Waals surface area contributed by atoms with Crippen molar-refractivity contribution in [3.63, 3.8) is 0 Å². The number of anilines is 2. The molecular weight excluding hydrogens is 496 g/mol. The van der Waals surface area contributed by atoms with Gasteiger partial charge in [0.1, 0.15) is 23.0 Å². The average molecular weight is 531 g/mol. The number of aromatic nitrogens is 1.